The van der Waals surface area contributed by atoms with Gasteiger partial charge in [-0.1, -0.05) is 12.8 Å². The van der Waals surface area contributed by atoms with Gasteiger partial charge in [-0.15, -0.1) is 0 Å². The van der Waals surface area contributed by atoms with E-state index in [0.717, 1.165) is 6.61 Å². The summed E-state index contributed by atoms with van der Waals surface area (Å²) in [6.07, 6.45) is 6.62. The van der Waals surface area contributed by atoms with Crippen molar-refractivity contribution in [3.63, 3.8) is 0 Å². The largest absolute Gasteiger partial charge is 0.506 e. The summed E-state index contributed by atoms with van der Waals surface area (Å²) in [4.78, 5) is 3.97. The van der Waals surface area contributed by atoms with E-state index < -0.39 is 0 Å². The molecule has 1 N–H and O–H groups in total. The van der Waals surface area contributed by atoms with Crippen LogP contribution in [0.4, 0.5) is 0 Å². The van der Waals surface area contributed by atoms with Crippen molar-refractivity contribution in [1.82, 2.24) is 4.98 Å². The highest BCUT2D eigenvalue weighted by Crippen LogP contribution is 2.25. The van der Waals surface area contributed by atoms with Crippen LogP contribution in [0.1, 0.15) is 25.7 Å². The third-order valence-corrected chi connectivity index (χ3v) is 2.66. The zero-order chi connectivity index (χ0) is 9.80. The Morgan fingerprint density at radius 3 is 2.79 bits per heavy atom. The van der Waals surface area contributed by atoms with E-state index in [0.29, 0.717) is 11.8 Å². The van der Waals surface area contributed by atoms with Crippen molar-refractivity contribution in [2.75, 3.05) is 6.61 Å². The number of ether oxygens (including phenoxy) is 1. The molecule has 1 fully saturated rings. The molecule has 1 aromatic rings. The maximum Gasteiger partial charge on any atom is 0.213 e. The van der Waals surface area contributed by atoms with Gasteiger partial charge in [0, 0.05) is 6.07 Å². The minimum atomic E-state index is 0.179. The fourth-order valence-corrected chi connectivity index (χ4v) is 1.84. The van der Waals surface area contributed by atoms with E-state index in [9.17, 15) is 0 Å². The Morgan fingerprint density at radius 2 is 2.14 bits per heavy atom. The van der Waals surface area contributed by atoms with Crippen LogP contribution in [0.25, 0.3) is 0 Å². The van der Waals surface area contributed by atoms with Crippen LogP contribution in [0.5, 0.6) is 11.6 Å². The molecule has 14 heavy (non-hydrogen) atoms. The predicted molar refractivity (Wildman–Crippen MR) is 53.4 cm³/mol. The summed E-state index contributed by atoms with van der Waals surface area (Å²) in [5.74, 6) is 1.48. The first-order valence-corrected chi connectivity index (χ1v) is 5.12. The van der Waals surface area contributed by atoms with Crippen LogP contribution in [0.15, 0.2) is 18.3 Å². The average molecular weight is 193 g/mol. The van der Waals surface area contributed by atoms with E-state index >= 15 is 0 Å². The number of aromatic hydroxyl groups is 1. The number of rotatable bonds is 3. The summed E-state index contributed by atoms with van der Waals surface area (Å²) in [6, 6.07) is 3.29. The van der Waals surface area contributed by atoms with Gasteiger partial charge in [0.15, 0.2) is 0 Å². The normalized spacial score (nSPS) is 17.1. The lowest BCUT2D eigenvalue weighted by Gasteiger charge is -2.09. The van der Waals surface area contributed by atoms with Gasteiger partial charge in [-0.25, -0.2) is 4.98 Å². The van der Waals surface area contributed by atoms with Gasteiger partial charge in [-0.05, 0) is 24.8 Å². The molecule has 0 aromatic carbocycles. The third-order valence-electron chi connectivity index (χ3n) is 2.66. The van der Waals surface area contributed by atoms with E-state index in [1.54, 1.807) is 12.1 Å². The van der Waals surface area contributed by atoms with E-state index in [-0.39, 0.29) is 5.75 Å². The second-order valence-electron chi connectivity index (χ2n) is 3.82. The third kappa shape index (κ3) is 2.37. The van der Waals surface area contributed by atoms with Crippen molar-refractivity contribution in [1.29, 1.82) is 0 Å². The molecule has 1 aromatic heterocycles. The van der Waals surface area contributed by atoms with E-state index in [1.807, 2.05) is 0 Å². The number of hydrogen-bond donors (Lipinski definition) is 1. The minimum Gasteiger partial charge on any atom is -0.506 e. The number of pyridine rings is 1. The maximum absolute atomic E-state index is 9.02. The molecule has 1 aliphatic carbocycles. The van der Waals surface area contributed by atoms with Gasteiger partial charge in [0.1, 0.15) is 5.75 Å². The Balaban J connectivity index is 1.82. The molecule has 1 aliphatic rings. The van der Waals surface area contributed by atoms with E-state index in [1.165, 1.54) is 31.9 Å². The zero-order valence-electron chi connectivity index (χ0n) is 8.15. The molecule has 0 saturated heterocycles. The molecular weight excluding hydrogens is 178 g/mol. The maximum atomic E-state index is 9.02. The highest BCUT2D eigenvalue weighted by molar-refractivity contribution is 5.21. The molecule has 0 radical (unpaired) electrons. The molecule has 2 rings (SSSR count). The molecule has 1 saturated carbocycles. The van der Waals surface area contributed by atoms with Gasteiger partial charge >= 0.3 is 0 Å². The summed E-state index contributed by atoms with van der Waals surface area (Å²) in [5.41, 5.74) is 0. The van der Waals surface area contributed by atoms with Gasteiger partial charge in [0.25, 0.3) is 0 Å². The Hall–Kier alpha value is -1.25. The van der Waals surface area contributed by atoms with Crippen LogP contribution in [-0.4, -0.2) is 16.7 Å². The van der Waals surface area contributed by atoms with E-state index in [2.05, 4.69) is 4.98 Å². The Labute approximate surface area is 83.7 Å². The van der Waals surface area contributed by atoms with Crippen molar-refractivity contribution < 1.29 is 9.84 Å². The second kappa shape index (κ2) is 4.31. The standard InChI is InChI=1S/C11H15NO2/c13-10-5-6-11(12-7-10)14-8-9-3-1-2-4-9/h5-7,9,13H,1-4,8H2. The number of hydrogen-bond acceptors (Lipinski definition) is 3. The summed E-state index contributed by atoms with van der Waals surface area (Å²) in [5, 5.41) is 9.02. The molecule has 0 amide bonds. The molecular formula is C11H15NO2. The van der Waals surface area contributed by atoms with Gasteiger partial charge in [-0.3, -0.25) is 0 Å². The van der Waals surface area contributed by atoms with Gasteiger partial charge in [0.05, 0.1) is 12.8 Å². The average Bonchev–Trinajstić information content (AvgIpc) is 2.70. The van der Waals surface area contributed by atoms with Crippen LogP contribution in [0.2, 0.25) is 0 Å². The predicted octanol–water partition coefficient (Wildman–Crippen LogP) is 2.36. The molecule has 3 nitrogen and oxygen atoms in total. The summed E-state index contributed by atoms with van der Waals surface area (Å²) >= 11 is 0. The fourth-order valence-electron chi connectivity index (χ4n) is 1.84. The van der Waals surface area contributed by atoms with Crippen molar-refractivity contribution in [2.45, 2.75) is 25.7 Å². The number of nitrogens with zero attached hydrogens (tertiary/aromatic N) is 1. The molecule has 1 heterocycles. The highest BCUT2D eigenvalue weighted by atomic mass is 16.5. The molecule has 0 spiro atoms. The number of aromatic nitrogens is 1. The molecule has 0 unspecified atom stereocenters. The SMILES string of the molecule is Oc1ccc(OCC2CCCC2)nc1. The van der Waals surface area contributed by atoms with Crippen molar-refractivity contribution >= 4 is 0 Å². The topological polar surface area (TPSA) is 42.4 Å². The molecule has 3 heteroatoms. The first-order chi connectivity index (χ1) is 6.84. The Morgan fingerprint density at radius 1 is 1.36 bits per heavy atom. The van der Waals surface area contributed by atoms with E-state index in [4.69, 9.17) is 9.84 Å². The van der Waals surface area contributed by atoms with Crippen LogP contribution in [-0.2, 0) is 0 Å². The van der Waals surface area contributed by atoms with Gasteiger partial charge in [-0.2, -0.15) is 0 Å². The minimum absolute atomic E-state index is 0.179. The monoisotopic (exact) mass is 193 g/mol. The molecule has 0 aliphatic heterocycles. The molecule has 0 atom stereocenters. The van der Waals surface area contributed by atoms with Crippen molar-refractivity contribution in [3.8, 4) is 11.6 Å². The van der Waals surface area contributed by atoms with Crippen LogP contribution >= 0.6 is 0 Å². The Bertz CT molecular complexity index is 278. The lowest BCUT2D eigenvalue weighted by atomic mass is 10.1. The van der Waals surface area contributed by atoms with Crippen molar-refractivity contribution in [2.24, 2.45) is 5.92 Å². The molecule has 76 valence electrons. The first kappa shape index (κ1) is 9.31. The van der Waals surface area contributed by atoms with Crippen LogP contribution < -0.4 is 4.74 Å². The summed E-state index contributed by atoms with van der Waals surface area (Å²) in [6.45, 7) is 0.762. The zero-order valence-corrected chi connectivity index (χ0v) is 8.15. The fraction of sp³-hybridized carbons (Fsp3) is 0.545. The quantitative estimate of drug-likeness (QED) is 0.801. The lowest BCUT2D eigenvalue weighted by molar-refractivity contribution is 0.243. The van der Waals surface area contributed by atoms with Gasteiger partial charge < -0.3 is 9.84 Å². The summed E-state index contributed by atoms with van der Waals surface area (Å²) in [7, 11) is 0. The van der Waals surface area contributed by atoms with Crippen LogP contribution in [0, 0.1) is 5.92 Å². The van der Waals surface area contributed by atoms with Gasteiger partial charge in [0.2, 0.25) is 5.88 Å². The highest BCUT2D eigenvalue weighted by Gasteiger charge is 2.15. The summed E-state index contributed by atoms with van der Waals surface area (Å²) < 4.78 is 5.52. The first-order valence-electron chi connectivity index (χ1n) is 5.12. The van der Waals surface area contributed by atoms with Crippen LogP contribution in [0.3, 0.4) is 0 Å². The lowest BCUT2D eigenvalue weighted by Crippen LogP contribution is -2.08. The van der Waals surface area contributed by atoms with Crippen molar-refractivity contribution in [3.05, 3.63) is 18.3 Å². The Kier molecular flexibility index (Phi) is 2.87. The smallest absolute Gasteiger partial charge is 0.213 e. The second-order valence-corrected chi connectivity index (χ2v) is 3.82. The molecule has 0 bridgehead atoms.